The monoisotopic (exact) mass is 463 g/mol. The maximum atomic E-state index is 11.6. The molecule has 0 N–H and O–H groups in total. The van der Waals surface area contributed by atoms with Crippen LogP contribution in [-0.4, -0.2) is 39.6 Å². The van der Waals surface area contributed by atoms with E-state index >= 15 is 0 Å². The van der Waals surface area contributed by atoms with Crippen molar-refractivity contribution in [3.63, 3.8) is 0 Å². The van der Waals surface area contributed by atoms with Gasteiger partial charge in [0.05, 0.1) is 11.8 Å². The Morgan fingerprint density at radius 1 is 1.09 bits per heavy atom. The molecule has 0 bridgehead atoms. The molecule has 0 aliphatic rings. The zero-order valence-electron chi connectivity index (χ0n) is 20.1. The highest BCUT2D eigenvalue weighted by molar-refractivity contribution is 6.12. The van der Waals surface area contributed by atoms with Gasteiger partial charge in [0, 0.05) is 65.4 Å². The van der Waals surface area contributed by atoms with Crippen LogP contribution in [0.1, 0.15) is 57.0 Å². The standard InChI is InChI=1S/C26H29N3O5/c1-7-28-25-10-8-20(15-30)13-22(25)23-14-21(9-11-26(23)28)24(27-33-18(5)31)12-17(4)29(16(2)3)34-19(6)32/h8-11,13-15,17H,2,7,12H2,1,3-6H3/b27-24+. The number of aryl methyl sites for hydroxylation is 1. The number of hydrogen-bond donors (Lipinski definition) is 0. The Bertz CT molecular complexity index is 1300. The lowest BCUT2D eigenvalue weighted by molar-refractivity contribution is -0.186. The molecule has 3 aromatic rings. The minimum atomic E-state index is -0.541. The molecular formula is C26H29N3O5. The predicted molar refractivity (Wildman–Crippen MR) is 131 cm³/mol. The van der Waals surface area contributed by atoms with Gasteiger partial charge in [-0.15, -0.1) is 0 Å². The average molecular weight is 464 g/mol. The number of aldehydes is 1. The van der Waals surface area contributed by atoms with Crippen LogP contribution in [0.4, 0.5) is 0 Å². The summed E-state index contributed by atoms with van der Waals surface area (Å²) in [6.45, 7) is 12.9. The van der Waals surface area contributed by atoms with Crippen LogP contribution < -0.4 is 0 Å². The molecule has 1 atom stereocenters. The first-order chi connectivity index (χ1) is 16.2. The molecule has 0 aliphatic carbocycles. The summed E-state index contributed by atoms with van der Waals surface area (Å²) in [5.74, 6) is -1.01. The van der Waals surface area contributed by atoms with Crippen LogP contribution in [0.2, 0.25) is 0 Å². The zero-order chi connectivity index (χ0) is 25.0. The summed E-state index contributed by atoms with van der Waals surface area (Å²) in [7, 11) is 0. The maximum Gasteiger partial charge on any atom is 0.331 e. The highest BCUT2D eigenvalue weighted by Crippen LogP contribution is 2.31. The quantitative estimate of drug-likeness (QED) is 0.192. The number of carbonyl (C=O) groups excluding carboxylic acids is 3. The molecule has 0 radical (unpaired) electrons. The Morgan fingerprint density at radius 2 is 1.74 bits per heavy atom. The number of hydroxylamine groups is 2. The predicted octanol–water partition coefficient (Wildman–Crippen LogP) is 4.99. The molecule has 8 heteroatoms. The first kappa shape index (κ1) is 24.7. The smallest absolute Gasteiger partial charge is 0.331 e. The fourth-order valence-corrected chi connectivity index (χ4v) is 4.09. The topological polar surface area (TPSA) is 90.2 Å². The summed E-state index contributed by atoms with van der Waals surface area (Å²) in [5.41, 5.74) is 4.44. The SMILES string of the molecule is C=C(C)N(OC(C)=O)C(C)C/C(=N\OC(C)=O)c1ccc2c(c1)c1cc(C=O)ccc1n2CC. The van der Waals surface area contributed by atoms with Gasteiger partial charge in [0.1, 0.15) is 6.29 Å². The third kappa shape index (κ3) is 5.17. The minimum absolute atomic E-state index is 0.310. The van der Waals surface area contributed by atoms with Gasteiger partial charge in [-0.1, -0.05) is 17.8 Å². The fraction of sp³-hybridized carbons (Fsp3) is 0.308. The summed E-state index contributed by atoms with van der Waals surface area (Å²) in [4.78, 5) is 44.7. The largest absolute Gasteiger partial charge is 0.341 e. The first-order valence-corrected chi connectivity index (χ1v) is 11.1. The average Bonchev–Trinajstić information content (AvgIpc) is 3.11. The third-order valence-electron chi connectivity index (χ3n) is 5.45. The summed E-state index contributed by atoms with van der Waals surface area (Å²) >= 11 is 0. The summed E-state index contributed by atoms with van der Waals surface area (Å²) in [6.07, 6.45) is 1.14. The molecule has 0 amide bonds. The molecule has 8 nitrogen and oxygen atoms in total. The van der Waals surface area contributed by atoms with E-state index in [0.717, 1.165) is 40.2 Å². The summed E-state index contributed by atoms with van der Waals surface area (Å²) in [6, 6.07) is 11.2. The molecule has 34 heavy (non-hydrogen) atoms. The van der Waals surface area contributed by atoms with Crippen molar-refractivity contribution in [2.45, 2.75) is 53.6 Å². The number of oxime groups is 1. The van der Waals surface area contributed by atoms with Crippen LogP contribution >= 0.6 is 0 Å². The van der Waals surface area contributed by atoms with Crippen molar-refractivity contribution in [1.82, 2.24) is 9.63 Å². The molecular weight excluding hydrogens is 434 g/mol. The lowest BCUT2D eigenvalue weighted by Crippen LogP contribution is -2.34. The van der Waals surface area contributed by atoms with Crippen LogP contribution in [0, 0.1) is 0 Å². The van der Waals surface area contributed by atoms with Gasteiger partial charge in [-0.25, -0.2) is 9.86 Å². The fourth-order valence-electron chi connectivity index (χ4n) is 4.09. The molecule has 178 valence electrons. The van der Waals surface area contributed by atoms with Crippen molar-refractivity contribution < 1.29 is 24.1 Å². The number of carbonyl (C=O) groups is 3. The van der Waals surface area contributed by atoms with Crippen LogP contribution in [0.25, 0.3) is 21.8 Å². The lowest BCUT2D eigenvalue weighted by Gasteiger charge is -2.29. The number of rotatable bonds is 9. The van der Waals surface area contributed by atoms with Gasteiger partial charge in [-0.05, 0) is 51.1 Å². The zero-order valence-corrected chi connectivity index (χ0v) is 20.1. The third-order valence-corrected chi connectivity index (χ3v) is 5.45. The van der Waals surface area contributed by atoms with Gasteiger partial charge in [0.25, 0.3) is 0 Å². The van der Waals surface area contributed by atoms with Crippen LogP contribution in [0.3, 0.4) is 0 Å². The second-order valence-corrected chi connectivity index (χ2v) is 8.19. The van der Waals surface area contributed by atoms with E-state index in [-0.39, 0.29) is 6.04 Å². The van der Waals surface area contributed by atoms with Crippen molar-refractivity contribution in [2.75, 3.05) is 0 Å². The number of aromatic nitrogens is 1. The summed E-state index contributed by atoms with van der Waals surface area (Å²) in [5, 5.41) is 7.44. The molecule has 0 spiro atoms. The number of hydrogen-bond acceptors (Lipinski definition) is 7. The van der Waals surface area contributed by atoms with Gasteiger partial charge in [0.15, 0.2) is 0 Å². The minimum Gasteiger partial charge on any atom is -0.341 e. The van der Waals surface area contributed by atoms with E-state index in [4.69, 9.17) is 9.68 Å². The van der Waals surface area contributed by atoms with Crippen molar-refractivity contribution in [3.8, 4) is 0 Å². The van der Waals surface area contributed by atoms with Crippen LogP contribution in [0.15, 0.2) is 53.8 Å². The van der Waals surface area contributed by atoms with E-state index in [0.29, 0.717) is 23.4 Å². The molecule has 1 heterocycles. The second kappa shape index (κ2) is 10.3. The maximum absolute atomic E-state index is 11.6. The lowest BCUT2D eigenvalue weighted by atomic mass is 10.0. The van der Waals surface area contributed by atoms with Crippen LogP contribution in [-0.2, 0) is 25.8 Å². The number of benzene rings is 2. The van der Waals surface area contributed by atoms with E-state index in [2.05, 4.69) is 23.2 Å². The Labute approximate surface area is 198 Å². The van der Waals surface area contributed by atoms with E-state index in [1.165, 1.54) is 18.9 Å². The Kier molecular flexibility index (Phi) is 7.50. The van der Waals surface area contributed by atoms with E-state index < -0.39 is 11.9 Å². The van der Waals surface area contributed by atoms with Gasteiger partial charge in [-0.2, -0.15) is 0 Å². The highest BCUT2D eigenvalue weighted by atomic mass is 16.7. The Morgan fingerprint density at radius 3 is 2.29 bits per heavy atom. The highest BCUT2D eigenvalue weighted by Gasteiger charge is 2.21. The van der Waals surface area contributed by atoms with Gasteiger partial charge in [-0.3, -0.25) is 9.59 Å². The molecule has 3 rings (SSSR count). The van der Waals surface area contributed by atoms with E-state index in [1.54, 1.807) is 13.0 Å². The Balaban J connectivity index is 2.12. The van der Waals surface area contributed by atoms with Crippen LogP contribution in [0.5, 0.6) is 0 Å². The molecule has 0 aliphatic heterocycles. The Hall–Kier alpha value is -3.94. The molecule has 1 aromatic heterocycles. The van der Waals surface area contributed by atoms with Gasteiger partial charge >= 0.3 is 11.9 Å². The molecule has 0 fully saturated rings. The number of allylic oxidation sites excluding steroid dienone is 1. The number of fused-ring (bicyclic) bond motifs is 3. The molecule has 0 saturated heterocycles. The van der Waals surface area contributed by atoms with Crippen molar-refractivity contribution >= 4 is 45.7 Å². The first-order valence-electron chi connectivity index (χ1n) is 11.1. The van der Waals surface area contributed by atoms with Gasteiger partial charge < -0.3 is 14.2 Å². The second-order valence-electron chi connectivity index (χ2n) is 8.19. The van der Waals surface area contributed by atoms with E-state index in [9.17, 15) is 14.4 Å². The van der Waals surface area contributed by atoms with E-state index in [1.807, 2.05) is 37.3 Å². The molecule has 1 unspecified atom stereocenters. The van der Waals surface area contributed by atoms with Gasteiger partial charge in [0.2, 0.25) is 0 Å². The van der Waals surface area contributed by atoms with Crippen molar-refractivity contribution in [1.29, 1.82) is 0 Å². The van der Waals surface area contributed by atoms with Crippen molar-refractivity contribution in [3.05, 3.63) is 59.8 Å². The molecule has 2 aromatic carbocycles. The normalized spacial score (nSPS) is 12.4. The van der Waals surface area contributed by atoms with Crippen molar-refractivity contribution in [2.24, 2.45) is 5.16 Å². The summed E-state index contributed by atoms with van der Waals surface area (Å²) < 4.78 is 2.18. The molecule has 0 saturated carbocycles. The number of nitrogens with zero attached hydrogens (tertiary/aromatic N) is 3.